The van der Waals surface area contributed by atoms with E-state index in [-0.39, 0.29) is 73.9 Å². The number of halogens is 2. The van der Waals surface area contributed by atoms with Gasteiger partial charge in [0.15, 0.2) is 0 Å². The number of nitrogens with one attached hydrogen (secondary N) is 4. The Labute approximate surface area is 469 Å². The monoisotopic (exact) mass is 1110 g/mol. The Hall–Kier alpha value is -6.91. The molecule has 0 spiro atoms. The standard InChI is InChI=1S/C60H81F2N11O7/c1-39(70(5)58(79)80-59(2,3)4)55(76)69-54(43-17-9-8-10-18-43)57(78)73-37-45(35-48(73)56(77)66-47-21-15-19-42-16-13-14-20-46(42)47)65-52(74)22-11-6-7-12-23-53(75)71-29-25-41(26-30-71)44-33-50(67-49-32-40(36-63)24-28-64-49)68-51(34-44)72-31-27-60(61,62)38-72/h13-14,16,20,24,28,32-34,39,41,43,45,47-48,54H,6-12,15,17-19,21-23,25-27,29-31,35,37-38H2,1-5H3,(H,65,74)(H,66,77)(H,69,76)(H,64,67,68)/t39-,45-,47+,48-,54-/m0/s1. The summed E-state index contributed by atoms with van der Waals surface area (Å²) >= 11 is 0. The number of aryl methyl sites for hydroxylation is 1. The minimum atomic E-state index is -2.80. The van der Waals surface area contributed by atoms with E-state index in [1.54, 1.807) is 49.6 Å². The predicted octanol–water partition coefficient (Wildman–Crippen LogP) is 8.58. The number of alkyl halides is 2. The number of ether oxygens (including phenoxy) is 1. The molecular weight excluding hydrogens is 1020 g/mol. The zero-order chi connectivity index (χ0) is 57.1. The van der Waals surface area contributed by atoms with E-state index in [2.05, 4.69) is 43.4 Å². The lowest BCUT2D eigenvalue weighted by Gasteiger charge is -2.36. The van der Waals surface area contributed by atoms with Gasteiger partial charge in [-0.2, -0.15) is 5.26 Å². The van der Waals surface area contributed by atoms with Crippen LogP contribution in [0.25, 0.3) is 0 Å². The summed E-state index contributed by atoms with van der Waals surface area (Å²) in [6.07, 6.45) is 12.4. The van der Waals surface area contributed by atoms with Gasteiger partial charge in [0.05, 0.1) is 24.2 Å². The Balaban J connectivity index is 0.834. The fourth-order valence-electron chi connectivity index (χ4n) is 12.0. The first-order chi connectivity index (χ1) is 38.2. The van der Waals surface area contributed by atoms with Crippen molar-refractivity contribution in [3.63, 3.8) is 0 Å². The zero-order valence-electron chi connectivity index (χ0n) is 47.2. The van der Waals surface area contributed by atoms with Crippen LogP contribution < -0.4 is 26.2 Å². The van der Waals surface area contributed by atoms with E-state index in [1.165, 1.54) is 23.7 Å². The molecule has 3 aliphatic heterocycles. The molecule has 2 aromatic heterocycles. The molecule has 3 saturated heterocycles. The molecule has 0 radical (unpaired) electrons. The molecule has 3 aromatic rings. The minimum Gasteiger partial charge on any atom is -0.444 e. The van der Waals surface area contributed by atoms with E-state index in [0.29, 0.717) is 81.1 Å². The van der Waals surface area contributed by atoms with Gasteiger partial charge in [-0.1, -0.05) is 56.4 Å². The third-order valence-corrected chi connectivity index (χ3v) is 16.6. The van der Waals surface area contributed by atoms with Crippen molar-refractivity contribution in [3.8, 4) is 6.07 Å². The number of carbonyl (C=O) groups is 6. The quantitative estimate of drug-likeness (QED) is 0.0829. The molecule has 432 valence electrons. The van der Waals surface area contributed by atoms with E-state index >= 15 is 4.79 Å². The number of unbranched alkanes of at least 4 members (excludes halogenated alkanes) is 3. The number of hydrogen-bond acceptors (Lipinski definition) is 12. The molecule has 6 amide bonds. The highest BCUT2D eigenvalue weighted by Gasteiger charge is 2.46. The van der Waals surface area contributed by atoms with Gasteiger partial charge >= 0.3 is 6.09 Å². The van der Waals surface area contributed by atoms with Crippen molar-refractivity contribution in [3.05, 3.63) is 77.0 Å². The topological polar surface area (TPSA) is 222 Å². The van der Waals surface area contributed by atoms with Crippen LogP contribution in [-0.4, -0.2) is 136 Å². The predicted molar refractivity (Wildman–Crippen MR) is 299 cm³/mol. The number of carbonyl (C=O) groups excluding carboxylic acids is 6. The van der Waals surface area contributed by atoms with Crippen molar-refractivity contribution in [1.82, 2.24) is 40.6 Å². The van der Waals surface area contributed by atoms with Gasteiger partial charge in [-0.25, -0.2) is 23.5 Å². The zero-order valence-corrected chi connectivity index (χ0v) is 47.2. The van der Waals surface area contributed by atoms with Gasteiger partial charge < -0.3 is 40.7 Å². The number of anilines is 3. The Bertz CT molecular complexity index is 2740. The second-order valence-electron chi connectivity index (χ2n) is 23.7. The Morgan fingerprint density at radius 2 is 1.62 bits per heavy atom. The van der Waals surface area contributed by atoms with Crippen LogP contribution in [0.15, 0.2) is 54.7 Å². The summed E-state index contributed by atoms with van der Waals surface area (Å²) in [4.78, 5) is 98.7. The number of rotatable bonds is 19. The molecule has 1 aromatic carbocycles. The summed E-state index contributed by atoms with van der Waals surface area (Å²) in [6.45, 7) is 7.80. The van der Waals surface area contributed by atoms with Gasteiger partial charge in [0.2, 0.25) is 29.5 Å². The smallest absolute Gasteiger partial charge is 0.410 e. The molecule has 5 heterocycles. The average molecular weight is 1110 g/mol. The fourth-order valence-corrected chi connectivity index (χ4v) is 12.0. The van der Waals surface area contributed by atoms with E-state index in [4.69, 9.17) is 4.74 Å². The molecule has 8 rings (SSSR count). The highest BCUT2D eigenvalue weighted by molar-refractivity contribution is 5.95. The lowest BCUT2D eigenvalue weighted by Crippen LogP contribution is -2.59. The first-order valence-electron chi connectivity index (χ1n) is 29.0. The second kappa shape index (κ2) is 26.6. The van der Waals surface area contributed by atoms with E-state index in [9.17, 15) is 38.0 Å². The average Bonchev–Trinajstić information content (AvgIpc) is 4.06. The summed E-state index contributed by atoms with van der Waals surface area (Å²) in [7, 11) is 1.49. The number of hydrogen-bond donors (Lipinski definition) is 4. The largest absolute Gasteiger partial charge is 0.444 e. The first-order valence-corrected chi connectivity index (χ1v) is 29.0. The van der Waals surface area contributed by atoms with Gasteiger partial charge in [0.25, 0.3) is 5.92 Å². The summed E-state index contributed by atoms with van der Waals surface area (Å²) in [5, 5.41) is 22.0. The van der Waals surface area contributed by atoms with Gasteiger partial charge in [-0.15, -0.1) is 0 Å². The molecule has 0 bridgehead atoms. The number of piperidine rings is 1. The summed E-state index contributed by atoms with van der Waals surface area (Å²) in [6, 6.07) is 13.6. The maximum atomic E-state index is 15.0. The molecule has 4 N–H and O–H groups in total. The maximum Gasteiger partial charge on any atom is 0.410 e. The Morgan fingerprint density at radius 1 is 0.887 bits per heavy atom. The summed E-state index contributed by atoms with van der Waals surface area (Å²) in [5.41, 5.74) is 2.83. The van der Waals surface area contributed by atoms with E-state index in [0.717, 1.165) is 62.5 Å². The van der Waals surface area contributed by atoms with Crippen LogP contribution >= 0.6 is 0 Å². The van der Waals surface area contributed by atoms with Crippen LogP contribution in [0.5, 0.6) is 0 Å². The van der Waals surface area contributed by atoms with Gasteiger partial charge in [-0.05, 0) is 145 Å². The molecule has 20 heteroatoms. The van der Waals surface area contributed by atoms with Gasteiger partial charge in [0, 0.05) is 64.7 Å². The van der Waals surface area contributed by atoms with Crippen molar-refractivity contribution in [2.24, 2.45) is 5.92 Å². The van der Waals surface area contributed by atoms with Crippen molar-refractivity contribution in [1.29, 1.82) is 5.26 Å². The number of aromatic nitrogens is 2. The number of nitriles is 1. The number of fused-ring (bicyclic) bond motifs is 1. The van der Waals surface area contributed by atoms with Crippen molar-refractivity contribution in [2.45, 2.75) is 191 Å². The third-order valence-electron chi connectivity index (χ3n) is 16.6. The highest BCUT2D eigenvalue weighted by Crippen LogP contribution is 2.37. The van der Waals surface area contributed by atoms with Gasteiger partial charge in [-0.3, -0.25) is 28.9 Å². The molecule has 80 heavy (non-hydrogen) atoms. The van der Waals surface area contributed by atoms with Crippen LogP contribution in [0.4, 0.5) is 31.0 Å². The molecule has 1 saturated carbocycles. The number of amides is 6. The Kier molecular flexibility index (Phi) is 19.7. The van der Waals surface area contributed by atoms with Crippen molar-refractivity contribution < 1.29 is 42.3 Å². The number of nitrogens with zero attached hydrogens (tertiary/aromatic N) is 7. The van der Waals surface area contributed by atoms with Crippen LogP contribution in [-0.2, 0) is 35.1 Å². The highest BCUT2D eigenvalue weighted by atomic mass is 19.3. The summed E-state index contributed by atoms with van der Waals surface area (Å²) < 4.78 is 34.2. The number of likely N-dealkylation sites (N-methyl/N-ethyl adjacent to an activating group) is 1. The van der Waals surface area contributed by atoms with Crippen molar-refractivity contribution >= 4 is 53.1 Å². The fraction of sp³-hybridized carbons (Fsp3) is 0.617. The molecule has 2 aliphatic carbocycles. The van der Waals surface area contributed by atoms with Crippen LogP contribution in [0.1, 0.15) is 171 Å². The third kappa shape index (κ3) is 15.7. The van der Waals surface area contributed by atoms with Crippen LogP contribution in [0, 0.1) is 17.2 Å². The summed E-state index contributed by atoms with van der Waals surface area (Å²) in [5.74, 6) is -2.91. The van der Waals surface area contributed by atoms with Crippen LogP contribution in [0.2, 0.25) is 0 Å². The number of pyridine rings is 2. The lowest BCUT2D eigenvalue weighted by molar-refractivity contribution is -0.143. The van der Waals surface area contributed by atoms with Crippen molar-refractivity contribution in [2.75, 3.05) is 50.0 Å². The normalized spacial score (nSPS) is 21.1. The molecule has 5 atom stereocenters. The van der Waals surface area contributed by atoms with E-state index in [1.807, 2.05) is 35.2 Å². The molecule has 18 nitrogen and oxygen atoms in total. The van der Waals surface area contributed by atoms with Gasteiger partial charge in [0.1, 0.15) is 41.2 Å². The molecule has 0 unspecified atom stereocenters. The number of benzene rings is 1. The molecular formula is C60H81F2N11O7. The van der Waals surface area contributed by atoms with Crippen LogP contribution in [0.3, 0.4) is 0 Å². The Morgan fingerprint density at radius 3 is 2.34 bits per heavy atom. The molecule has 4 fully saturated rings. The first kappa shape index (κ1) is 59.2. The van der Waals surface area contributed by atoms with E-state index < -0.39 is 54.2 Å². The molecule has 5 aliphatic rings. The minimum absolute atomic E-state index is 0.0706. The second-order valence-corrected chi connectivity index (χ2v) is 23.7. The number of likely N-dealkylation sites (tertiary alicyclic amines) is 2. The maximum absolute atomic E-state index is 15.0. The SMILES string of the molecule is C[C@@H](C(=O)N[C@H](C(=O)N1C[C@@H](NC(=O)CCCCCCC(=O)N2CCC(c3cc(Nc4cc(C#N)ccn4)nc(N4CCC(F)(F)C4)c3)CC2)C[C@H]1C(=O)N[C@@H]1CCCc2ccccc21)C1CCCCC1)N(C)C(=O)OC(C)(C)C. The lowest BCUT2D eigenvalue weighted by atomic mass is 9.83.